The van der Waals surface area contributed by atoms with Crippen LogP contribution in [0.25, 0.3) is 16.5 Å². The van der Waals surface area contributed by atoms with Gasteiger partial charge in [0.15, 0.2) is 9.84 Å². The fourth-order valence-electron chi connectivity index (χ4n) is 2.79. The number of hydrogen-bond acceptors (Lipinski definition) is 4. The summed E-state index contributed by atoms with van der Waals surface area (Å²) in [5.74, 6) is -0.192. The number of anilines is 1. The van der Waals surface area contributed by atoms with Crippen molar-refractivity contribution in [3.63, 3.8) is 0 Å². The maximum absolute atomic E-state index is 12.7. The summed E-state index contributed by atoms with van der Waals surface area (Å²) >= 11 is 1.61. The van der Waals surface area contributed by atoms with E-state index in [0.717, 1.165) is 21.6 Å². The molecule has 0 unspecified atom stereocenters. The van der Waals surface area contributed by atoms with Crippen molar-refractivity contribution in [2.24, 2.45) is 0 Å². The zero-order valence-electron chi connectivity index (χ0n) is 15.7. The average Bonchev–Trinajstić information content (AvgIpc) is 3.16. The topological polar surface area (TPSA) is 54.5 Å². The Morgan fingerprint density at radius 2 is 1.79 bits per heavy atom. The number of likely N-dealkylation sites (N-methyl/N-ethyl adjacent to an activating group) is 1. The molecule has 0 spiro atoms. The van der Waals surface area contributed by atoms with Gasteiger partial charge in [-0.05, 0) is 48.9 Å². The van der Waals surface area contributed by atoms with Gasteiger partial charge < -0.3 is 4.90 Å². The predicted molar refractivity (Wildman–Crippen MR) is 116 cm³/mol. The molecule has 0 atom stereocenters. The lowest BCUT2D eigenvalue weighted by Crippen LogP contribution is -2.28. The van der Waals surface area contributed by atoms with Gasteiger partial charge in [-0.1, -0.05) is 36.4 Å². The second-order valence-corrected chi connectivity index (χ2v) is 9.38. The van der Waals surface area contributed by atoms with Crippen molar-refractivity contribution in [2.45, 2.75) is 11.8 Å². The highest BCUT2D eigenvalue weighted by atomic mass is 32.2. The Kier molecular flexibility index (Phi) is 6.11. The molecule has 1 amide bonds. The molecule has 1 heterocycles. The van der Waals surface area contributed by atoms with Crippen LogP contribution in [0.4, 0.5) is 5.69 Å². The summed E-state index contributed by atoms with van der Waals surface area (Å²) in [7, 11) is -3.33. The van der Waals surface area contributed by atoms with Crippen LogP contribution < -0.4 is 4.90 Å². The highest BCUT2D eigenvalue weighted by Gasteiger charge is 2.14. The molecule has 0 bridgehead atoms. The van der Waals surface area contributed by atoms with Crippen molar-refractivity contribution >= 4 is 38.8 Å². The number of hydrogen-bond donors (Lipinski definition) is 0. The molecular weight excluding hydrogens is 390 g/mol. The second-order valence-electron chi connectivity index (χ2n) is 6.25. The van der Waals surface area contributed by atoms with Crippen molar-refractivity contribution < 1.29 is 13.2 Å². The lowest BCUT2D eigenvalue weighted by Gasteiger charge is -2.19. The lowest BCUT2D eigenvalue weighted by atomic mass is 10.2. The van der Waals surface area contributed by atoms with Crippen LogP contribution >= 0.6 is 11.3 Å². The fourth-order valence-corrected chi connectivity index (χ4v) is 4.37. The summed E-state index contributed by atoms with van der Waals surface area (Å²) in [6.07, 6.45) is 4.48. The van der Waals surface area contributed by atoms with Gasteiger partial charge in [-0.3, -0.25) is 4.79 Å². The standard InChI is InChI=1S/C22H21NO3S2/c1-3-23(18-10-7-11-20(16-18)28(2,25)26)22(24)15-13-19-12-14-21(27-19)17-8-5-4-6-9-17/h4-16H,3H2,1-2H3/b15-13+. The zero-order chi connectivity index (χ0) is 20.1. The minimum Gasteiger partial charge on any atom is -0.309 e. The third-order valence-corrected chi connectivity index (χ3v) is 6.42. The van der Waals surface area contributed by atoms with E-state index in [4.69, 9.17) is 0 Å². The van der Waals surface area contributed by atoms with Crippen molar-refractivity contribution in [1.82, 2.24) is 0 Å². The minimum absolute atomic E-state index is 0.192. The first-order valence-electron chi connectivity index (χ1n) is 8.83. The molecule has 0 radical (unpaired) electrons. The molecule has 0 aliphatic carbocycles. The predicted octanol–water partition coefficient (Wildman–Crippen LogP) is 4.88. The SMILES string of the molecule is CCN(C(=O)/C=C/c1ccc(-c2ccccc2)s1)c1cccc(S(C)(=O)=O)c1. The molecule has 0 aliphatic heterocycles. The van der Waals surface area contributed by atoms with E-state index in [0.29, 0.717) is 12.2 Å². The average molecular weight is 412 g/mol. The van der Waals surface area contributed by atoms with E-state index in [1.54, 1.807) is 34.4 Å². The maximum atomic E-state index is 12.7. The molecule has 3 rings (SSSR count). The number of rotatable bonds is 6. The Morgan fingerprint density at radius 1 is 1.04 bits per heavy atom. The van der Waals surface area contributed by atoms with Crippen molar-refractivity contribution in [2.75, 3.05) is 17.7 Å². The number of amides is 1. The number of benzene rings is 2. The van der Waals surface area contributed by atoms with Crippen molar-refractivity contribution in [3.05, 3.63) is 77.7 Å². The van der Waals surface area contributed by atoms with Crippen LogP contribution in [-0.2, 0) is 14.6 Å². The van der Waals surface area contributed by atoms with E-state index < -0.39 is 9.84 Å². The van der Waals surface area contributed by atoms with Crippen LogP contribution in [0.3, 0.4) is 0 Å². The summed E-state index contributed by atoms with van der Waals surface area (Å²) < 4.78 is 23.6. The Hall–Kier alpha value is -2.70. The van der Waals surface area contributed by atoms with Gasteiger partial charge in [0.2, 0.25) is 0 Å². The third kappa shape index (κ3) is 4.77. The van der Waals surface area contributed by atoms with Gasteiger partial charge in [0.05, 0.1) is 4.90 Å². The van der Waals surface area contributed by atoms with Crippen LogP contribution in [0.15, 0.2) is 77.7 Å². The largest absolute Gasteiger partial charge is 0.309 e. The number of carbonyl (C=O) groups is 1. The molecule has 0 saturated carbocycles. The van der Waals surface area contributed by atoms with Gasteiger partial charge >= 0.3 is 0 Å². The van der Waals surface area contributed by atoms with Crippen LogP contribution in [0, 0.1) is 0 Å². The van der Waals surface area contributed by atoms with E-state index in [2.05, 4.69) is 12.1 Å². The van der Waals surface area contributed by atoms with Crippen LogP contribution in [0.5, 0.6) is 0 Å². The first kappa shape index (κ1) is 20.0. The van der Waals surface area contributed by atoms with E-state index in [1.165, 1.54) is 18.2 Å². The number of carbonyl (C=O) groups excluding carboxylic acids is 1. The van der Waals surface area contributed by atoms with Gasteiger partial charge in [-0.2, -0.15) is 0 Å². The van der Waals surface area contributed by atoms with Gasteiger partial charge in [0.1, 0.15) is 0 Å². The first-order chi connectivity index (χ1) is 13.4. The summed E-state index contributed by atoms with van der Waals surface area (Å²) in [4.78, 5) is 16.6. The maximum Gasteiger partial charge on any atom is 0.251 e. The molecule has 3 aromatic rings. The van der Waals surface area contributed by atoms with Crippen molar-refractivity contribution in [1.29, 1.82) is 0 Å². The number of nitrogens with zero attached hydrogens (tertiary/aromatic N) is 1. The number of sulfone groups is 1. The highest BCUT2D eigenvalue weighted by molar-refractivity contribution is 7.90. The molecule has 0 fully saturated rings. The van der Waals surface area contributed by atoms with Gasteiger partial charge in [-0.25, -0.2) is 8.42 Å². The lowest BCUT2D eigenvalue weighted by molar-refractivity contribution is -0.114. The zero-order valence-corrected chi connectivity index (χ0v) is 17.3. The molecule has 0 N–H and O–H groups in total. The molecule has 2 aromatic carbocycles. The Bertz CT molecular complexity index is 1100. The molecule has 6 heteroatoms. The molecule has 144 valence electrons. The highest BCUT2D eigenvalue weighted by Crippen LogP contribution is 2.28. The molecule has 0 saturated heterocycles. The van der Waals surface area contributed by atoms with Gasteiger partial charge in [-0.15, -0.1) is 11.3 Å². The van der Waals surface area contributed by atoms with Gasteiger partial charge in [0.25, 0.3) is 5.91 Å². The van der Waals surface area contributed by atoms with Crippen LogP contribution in [0.2, 0.25) is 0 Å². The normalized spacial score (nSPS) is 11.6. The molecular formula is C22H21NO3S2. The van der Waals surface area contributed by atoms with E-state index in [-0.39, 0.29) is 10.8 Å². The summed E-state index contributed by atoms with van der Waals surface area (Å²) in [6, 6.07) is 20.6. The summed E-state index contributed by atoms with van der Waals surface area (Å²) in [5.41, 5.74) is 1.71. The first-order valence-corrected chi connectivity index (χ1v) is 11.5. The molecule has 4 nitrogen and oxygen atoms in total. The smallest absolute Gasteiger partial charge is 0.251 e. The van der Waals surface area contributed by atoms with Gasteiger partial charge in [0, 0.05) is 34.3 Å². The molecule has 0 aliphatic rings. The van der Waals surface area contributed by atoms with E-state index >= 15 is 0 Å². The minimum atomic E-state index is -3.33. The molecule has 1 aromatic heterocycles. The monoisotopic (exact) mass is 411 g/mol. The molecule has 28 heavy (non-hydrogen) atoms. The Labute approximate surface area is 169 Å². The Morgan fingerprint density at radius 3 is 2.46 bits per heavy atom. The Balaban J connectivity index is 1.79. The van der Waals surface area contributed by atoms with Crippen LogP contribution in [0.1, 0.15) is 11.8 Å². The van der Waals surface area contributed by atoms with Crippen molar-refractivity contribution in [3.8, 4) is 10.4 Å². The fraction of sp³-hybridized carbons (Fsp3) is 0.136. The quantitative estimate of drug-likeness (QED) is 0.543. The van der Waals surface area contributed by atoms with E-state index in [1.807, 2.05) is 37.3 Å². The second kappa shape index (κ2) is 8.54. The third-order valence-electron chi connectivity index (χ3n) is 4.21. The number of thiophene rings is 1. The summed E-state index contributed by atoms with van der Waals surface area (Å²) in [5, 5.41) is 0. The summed E-state index contributed by atoms with van der Waals surface area (Å²) in [6.45, 7) is 2.30. The van der Waals surface area contributed by atoms with Crippen LogP contribution in [-0.4, -0.2) is 27.1 Å². The van der Waals surface area contributed by atoms with E-state index in [9.17, 15) is 13.2 Å².